The van der Waals surface area contributed by atoms with E-state index in [4.69, 9.17) is 17.3 Å². The molecule has 0 aliphatic carbocycles. The minimum absolute atomic E-state index is 0.104. The van der Waals surface area contributed by atoms with Gasteiger partial charge in [-0.05, 0) is 30.0 Å². The molecular weight excluding hydrogens is 203 g/mol. The Hall–Kier alpha value is -1.35. The smallest absolute Gasteiger partial charge is 0.145 e. The lowest BCUT2D eigenvalue weighted by atomic mass is 10.1. The number of benzene rings is 1. The van der Waals surface area contributed by atoms with E-state index in [1.54, 1.807) is 19.1 Å². The molecule has 2 rings (SSSR count). The summed E-state index contributed by atoms with van der Waals surface area (Å²) in [6.07, 6.45) is 1.48. The van der Waals surface area contributed by atoms with Crippen LogP contribution in [0.2, 0.25) is 5.02 Å². The number of nitrogens with zero attached hydrogens (tertiary/aromatic N) is 1. The summed E-state index contributed by atoms with van der Waals surface area (Å²) in [5.74, 6) is 0.00492. The molecule has 72 valence electrons. The third kappa shape index (κ3) is 1.30. The van der Waals surface area contributed by atoms with Crippen LogP contribution in [0.3, 0.4) is 0 Å². The molecule has 2 aromatic rings. The van der Waals surface area contributed by atoms with Crippen LogP contribution in [-0.2, 0) is 0 Å². The van der Waals surface area contributed by atoms with Crippen LogP contribution in [0, 0.1) is 12.7 Å². The van der Waals surface area contributed by atoms with Crippen LogP contribution in [-0.4, -0.2) is 4.98 Å². The Bertz CT molecular complexity index is 511. The summed E-state index contributed by atoms with van der Waals surface area (Å²) in [4.78, 5) is 3.87. The molecule has 0 aliphatic heterocycles. The van der Waals surface area contributed by atoms with Crippen molar-refractivity contribution in [3.63, 3.8) is 0 Å². The molecule has 0 saturated heterocycles. The van der Waals surface area contributed by atoms with Gasteiger partial charge in [-0.3, -0.25) is 0 Å². The van der Waals surface area contributed by atoms with Crippen molar-refractivity contribution in [2.45, 2.75) is 6.92 Å². The summed E-state index contributed by atoms with van der Waals surface area (Å²) in [6.45, 7) is 1.66. The van der Waals surface area contributed by atoms with Crippen molar-refractivity contribution in [2.24, 2.45) is 0 Å². The molecule has 1 aromatic heterocycles. The number of rotatable bonds is 0. The van der Waals surface area contributed by atoms with Gasteiger partial charge >= 0.3 is 0 Å². The highest BCUT2D eigenvalue weighted by Gasteiger charge is 2.09. The zero-order chi connectivity index (χ0) is 10.3. The average Bonchev–Trinajstić information content (AvgIpc) is 2.14. The van der Waals surface area contributed by atoms with Crippen molar-refractivity contribution >= 4 is 28.2 Å². The maximum atomic E-state index is 13.4. The minimum Gasteiger partial charge on any atom is -0.384 e. The van der Waals surface area contributed by atoms with E-state index in [0.717, 1.165) is 5.39 Å². The molecule has 0 unspecified atom stereocenters. The fourth-order valence-corrected chi connectivity index (χ4v) is 1.69. The van der Waals surface area contributed by atoms with Gasteiger partial charge in [-0.1, -0.05) is 11.6 Å². The van der Waals surface area contributed by atoms with Crippen molar-refractivity contribution in [3.05, 3.63) is 34.7 Å². The summed E-state index contributed by atoms with van der Waals surface area (Å²) in [7, 11) is 0. The number of aromatic nitrogens is 1. The number of nitrogen functional groups attached to an aromatic ring is 1. The van der Waals surface area contributed by atoms with Crippen LogP contribution >= 0.6 is 11.6 Å². The van der Waals surface area contributed by atoms with Gasteiger partial charge in [0.15, 0.2) is 0 Å². The molecule has 2 nitrogen and oxygen atoms in total. The summed E-state index contributed by atoms with van der Waals surface area (Å²) >= 11 is 5.83. The molecule has 0 spiro atoms. The maximum absolute atomic E-state index is 13.4. The maximum Gasteiger partial charge on any atom is 0.145 e. The average molecular weight is 211 g/mol. The first-order valence-corrected chi connectivity index (χ1v) is 4.47. The summed E-state index contributed by atoms with van der Waals surface area (Å²) in [5, 5.41) is 1.50. The second-order valence-corrected chi connectivity index (χ2v) is 3.53. The fraction of sp³-hybridized carbons (Fsp3) is 0.100. The third-order valence-electron chi connectivity index (χ3n) is 2.10. The second kappa shape index (κ2) is 3.10. The van der Waals surface area contributed by atoms with Gasteiger partial charge in [-0.2, -0.15) is 0 Å². The van der Waals surface area contributed by atoms with E-state index in [9.17, 15) is 4.39 Å². The van der Waals surface area contributed by atoms with Crippen LogP contribution in [0.5, 0.6) is 0 Å². The molecule has 0 bridgehead atoms. The van der Waals surface area contributed by atoms with E-state index in [0.29, 0.717) is 16.8 Å². The lowest BCUT2D eigenvalue weighted by molar-refractivity contribution is 0.621. The van der Waals surface area contributed by atoms with Crippen LogP contribution in [0.1, 0.15) is 5.56 Å². The Kier molecular flexibility index (Phi) is 2.04. The third-order valence-corrected chi connectivity index (χ3v) is 2.47. The van der Waals surface area contributed by atoms with Crippen LogP contribution < -0.4 is 5.73 Å². The van der Waals surface area contributed by atoms with E-state index in [1.165, 1.54) is 6.20 Å². The number of fused-ring (bicyclic) bond motifs is 1. The minimum atomic E-state index is -0.397. The first-order valence-electron chi connectivity index (χ1n) is 4.09. The zero-order valence-electron chi connectivity index (χ0n) is 7.51. The van der Waals surface area contributed by atoms with Crippen molar-refractivity contribution in [1.29, 1.82) is 0 Å². The van der Waals surface area contributed by atoms with Crippen molar-refractivity contribution in [1.82, 2.24) is 4.98 Å². The molecule has 0 aliphatic rings. The highest BCUT2D eigenvalue weighted by molar-refractivity contribution is 6.35. The quantitative estimate of drug-likeness (QED) is 0.726. The van der Waals surface area contributed by atoms with Crippen molar-refractivity contribution in [3.8, 4) is 0 Å². The number of nitrogens with two attached hydrogens (primary N) is 1. The summed E-state index contributed by atoms with van der Waals surface area (Å²) < 4.78 is 13.4. The van der Waals surface area contributed by atoms with Crippen molar-refractivity contribution < 1.29 is 4.39 Å². The molecule has 1 aromatic carbocycles. The molecule has 2 N–H and O–H groups in total. The van der Waals surface area contributed by atoms with E-state index >= 15 is 0 Å². The Morgan fingerprint density at radius 3 is 2.86 bits per heavy atom. The first-order chi connectivity index (χ1) is 6.59. The first kappa shape index (κ1) is 9.21. The lowest BCUT2D eigenvalue weighted by Crippen LogP contribution is -1.92. The molecule has 4 heteroatoms. The van der Waals surface area contributed by atoms with Crippen LogP contribution in [0.15, 0.2) is 18.3 Å². The lowest BCUT2D eigenvalue weighted by Gasteiger charge is -2.04. The monoisotopic (exact) mass is 210 g/mol. The van der Waals surface area contributed by atoms with Gasteiger partial charge in [0.1, 0.15) is 11.6 Å². The number of pyridine rings is 1. The molecular formula is C10H8ClFN2. The van der Waals surface area contributed by atoms with Gasteiger partial charge in [0.2, 0.25) is 0 Å². The normalized spacial score (nSPS) is 10.8. The Morgan fingerprint density at radius 1 is 1.43 bits per heavy atom. The fourth-order valence-electron chi connectivity index (χ4n) is 1.38. The number of hydrogen-bond donors (Lipinski definition) is 1. The van der Waals surface area contributed by atoms with Gasteiger partial charge in [0, 0.05) is 11.6 Å². The van der Waals surface area contributed by atoms with E-state index < -0.39 is 5.82 Å². The predicted octanol–water partition coefficient (Wildman–Crippen LogP) is 2.92. The Balaban J connectivity index is 2.91. The van der Waals surface area contributed by atoms with Crippen LogP contribution in [0.4, 0.5) is 10.2 Å². The van der Waals surface area contributed by atoms with Gasteiger partial charge < -0.3 is 5.73 Å². The number of aryl methyl sites for hydroxylation is 1. The number of halogens is 2. The summed E-state index contributed by atoms with van der Waals surface area (Å²) in [5.41, 5.74) is 6.02. The van der Waals surface area contributed by atoms with E-state index in [-0.39, 0.29) is 5.02 Å². The molecule has 0 amide bonds. The topological polar surface area (TPSA) is 38.9 Å². The van der Waals surface area contributed by atoms with Crippen LogP contribution in [0.25, 0.3) is 10.8 Å². The molecule has 0 saturated carbocycles. The predicted molar refractivity (Wildman–Crippen MR) is 55.9 cm³/mol. The molecule has 1 heterocycles. The highest BCUT2D eigenvalue weighted by atomic mass is 35.5. The van der Waals surface area contributed by atoms with Gasteiger partial charge in [0.05, 0.1) is 5.02 Å². The highest BCUT2D eigenvalue weighted by Crippen LogP contribution is 2.28. The number of hydrogen-bond acceptors (Lipinski definition) is 2. The summed E-state index contributed by atoms with van der Waals surface area (Å²) in [6, 6.07) is 3.38. The molecule has 0 atom stereocenters. The molecule has 0 radical (unpaired) electrons. The van der Waals surface area contributed by atoms with E-state index in [1.807, 2.05) is 0 Å². The number of anilines is 1. The standard InChI is InChI=1S/C10H8ClFN2/c1-5-2-6-3-8(13)14-4-7(6)9(11)10(5)12/h2-4H,1H3,(H2,13,14). The second-order valence-electron chi connectivity index (χ2n) is 3.15. The Morgan fingerprint density at radius 2 is 2.14 bits per heavy atom. The largest absolute Gasteiger partial charge is 0.384 e. The SMILES string of the molecule is Cc1cc2cc(N)ncc2c(Cl)c1F. The van der Waals surface area contributed by atoms with Gasteiger partial charge in [-0.15, -0.1) is 0 Å². The van der Waals surface area contributed by atoms with Crippen molar-refractivity contribution in [2.75, 3.05) is 5.73 Å². The zero-order valence-corrected chi connectivity index (χ0v) is 8.27. The van der Waals surface area contributed by atoms with E-state index in [2.05, 4.69) is 4.98 Å². The van der Waals surface area contributed by atoms with Gasteiger partial charge in [0.25, 0.3) is 0 Å². The Labute approximate surface area is 85.5 Å². The molecule has 0 fully saturated rings. The molecule has 14 heavy (non-hydrogen) atoms. The van der Waals surface area contributed by atoms with Gasteiger partial charge in [-0.25, -0.2) is 9.37 Å².